The Bertz CT molecular complexity index is 521. The third kappa shape index (κ3) is 3.11. The van der Waals surface area contributed by atoms with Gasteiger partial charge in [0.1, 0.15) is 5.25 Å². The summed E-state index contributed by atoms with van der Waals surface area (Å²) >= 11 is 7.18. The minimum Gasteiger partial charge on any atom is -0.302 e. The maximum absolute atomic E-state index is 11.8. The summed E-state index contributed by atoms with van der Waals surface area (Å²) in [5.74, 6) is -0.0787. The summed E-state index contributed by atoms with van der Waals surface area (Å²) in [6.45, 7) is 3.70. The number of hydrogen-bond acceptors (Lipinski definition) is 4. The Morgan fingerprint density at radius 1 is 1.33 bits per heavy atom. The van der Waals surface area contributed by atoms with Gasteiger partial charge < -0.3 is 5.32 Å². The fourth-order valence-corrected chi connectivity index (χ4v) is 2.47. The van der Waals surface area contributed by atoms with Crippen molar-refractivity contribution in [1.82, 2.24) is 5.32 Å². The van der Waals surface area contributed by atoms with Crippen molar-refractivity contribution in [2.45, 2.75) is 19.1 Å². The van der Waals surface area contributed by atoms with Gasteiger partial charge in [0.05, 0.1) is 0 Å². The molecule has 1 aliphatic heterocycles. The zero-order chi connectivity index (χ0) is 13.1. The predicted molar refractivity (Wildman–Crippen MR) is 76.1 cm³/mol. The van der Waals surface area contributed by atoms with E-state index in [2.05, 4.69) is 15.5 Å². The number of hydrogen-bond donors (Lipinski definition) is 1. The number of halogens is 1. The van der Waals surface area contributed by atoms with Crippen LogP contribution in [0.2, 0.25) is 5.02 Å². The molecule has 0 spiro atoms. The molecule has 4 nitrogen and oxygen atoms in total. The maximum atomic E-state index is 11.8. The van der Waals surface area contributed by atoms with Crippen LogP contribution in [0.25, 0.3) is 0 Å². The third-order valence-corrected chi connectivity index (χ3v) is 3.59. The van der Waals surface area contributed by atoms with Gasteiger partial charge in [-0.1, -0.05) is 35.5 Å². The average molecular weight is 282 g/mol. The fraction of sp³-hybridized carbons (Fsp3) is 0.250. The summed E-state index contributed by atoms with van der Waals surface area (Å²) in [4.78, 5) is 11.8. The molecule has 0 aromatic heterocycles. The van der Waals surface area contributed by atoms with Crippen LogP contribution in [0.5, 0.6) is 0 Å². The number of amides is 1. The van der Waals surface area contributed by atoms with Crippen molar-refractivity contribution in [3.63, 3.8) is 0 Å². The molecule has 1 atom stereocenters. The smallest absolute Gasteiger partial charge is 0.244 e. The largest absolute Gasteiger partial charge is 0.302 e. The highest BCUT2D eigenvalue weighted by Crippen LogP contribution is 2.34. The summed E-state index contributed by atoms with van der Waals surface area (Å²) in [5, 5.41) is 11.5. The van der Waals surface area contributed by atoms with Gasteiger partial charge in [0.2, 0.25) is 5.91 Å². The summed E-state index contributed by atoms with van der Waals surface area (Å²) in [6.07, 6.45) is 0. The lowest BCUT2D eigenvalue weighted by molar-refractivity contribution is -0.118. The Morgan fingerprint density at radius 3 is 2.61 bits per heavy atom. The predicted octanol–water partition coefficient (Wildman–Crippen LogP) is 3.00. The van der Waals surface area contributed by atoms with Crippen molar-refractivity contribution >= 4 is 40.1 Å². The highest BCUT2D eigenvalue weighted by atomic mass is 35.5. The monoisotopic (exact) mass is 281 g/mol. The minimum atomic E-state index is -0.284. The molecule has 1 heterocycles. The SMILES string of the molecule is CC(C)=NN=C1NC(=O)C(c2ccc(Cl)cc2)S1. The topological polar surface area (TPSA) is 53.8 Å². The summed E-state index contributed by atoms with van der Waals surface area (Å²) in [5.41, 5.74) is 1.75. The average Bonchev–Trinajstić information content (AvgIpc) is 2.69. The molecule has 1 unspecified atom stereocenters. The Labute approximate surface area is 115 Å². The van der Waals surface area contributed by atoms with Crippen LogP contribution in [0.15, 0.2) is 34.5 Å². The minimum absolute atomic E-state index is 0.0787. The molecular weight excluding hydrogens is 270 g/mol. The lowest BCUT2D eigenvalue weighted by Gasteiger charge is -2.04. The second kappa shape index (κ2) is 5.54. The zero-order valence-corrected chi connectivity index (χ0v) is 11.5. The number of nitrogens with one attached hydrogen (secondary N) is 1. The summed E-state index contributed by atoms with van der Waals surface area (Å²) in [7, 11) is 0. The fourth-order valence-electron chi connectivity index (χ4n) is 1.42. The van der Waals surface area contributed by atoms with Crippen LogP contribution in [0.4, 0.5) is 0 Å². The second-order valence-electron chi connectivity index (χ2n) is 3.99. The molecule has 1 saturated heterocycles. The Morgan fingerprint density at radius 2 is 2.00 bits per heavy atom. The van der Waals surface area contributed by atoms with Gasteiger partial charge in [-0.2, -0.15) is 5.10 Å². The number of amidine groups is 1. The van der Waals surface area contributed by atoms with Gasteiger partial charge in [0.15, 0.2) is 5.17 Å². The van der Waals surface area contributed by atoms with Gasteiger partial charge >= 0.3 is 0 Å². The number of benzene rings is 1. The van der Waals surface area contributed by atoms with Crippen molar-refractivity contribution in [2.75, 3.05) is 0 Å². The van der Waals surface area contributed by atoms with Gasteiger partial charge in [-0.3, -0.25) is 4.79 Å². The quantitative estimate of drug-likeness (QED) is 0.669. The van der Waals surface area contributed by atoms with Gasteiger partial charge in [-0.15, -0.1) is 5.10 Å². The van der Waals surface area contributed by atoms with E-state index in [-0.39, 0.29) is 11.2 Å². The van der Waals surface area contributed by atoms with E-state index in [1.54, 1.807) is 12.1 Å². The van der Waals surface area contributed by atoms with Crippen LogP contribution in [0, 0.1) is 0 Å². The van der Waals surface area contributed by atoms with Crippen molar-refractivity contribution in [3.8, 4) is 0 Å². The van der Waals surface area contributed by atoms with Crippen LogP contribution in [-0.4, -0.2) is 16.8 Å². The number of carbonyl (C=O) groups is 1. The van der Waals surface area contributed by atoms with Gasteiger partial charge in [-0.05, 0) is 31.5 Å². The molecule has 18 heavy (non-hydrogen) atoms. The zero-order valence-electron chi connectivity index (χ0n) is 9.98. The van der Waals surface area contributed by atoms with Crippen LogP contribution in [0.1, 0.15) is 24.7 Å². The third-order valence-electron chi connectivity index (χ3n) is 2.21. The number of carbonyl (C=O) groups excluding carboxylic acids is 1. The molecule has 94 valence electrons. The molecule has 1 N–H and O–H groups in total. The van der Waals surface area contributed by atoms with Crippen LogP contribution >= 0.6 is 23.4 Å². The molecular formula is C12H12ClN3OS. The Kier molecular flexibility index (Phi) is 4.04. The molecule has 1 aromatic carbocycles. The number of nitrogens with zero attached hydrogens (tertiary/aromatic N) is 2. The number of rotatable bonds is 2. The van der Waals surface area contributed by atoms with Crippen LogP contribution in [-0.2, 0) is 4.79 Å². The second-order valence-corrected chi connectivity index (χ2v) is 5.52. The van der Waals surface area contributed by atoms with Crippen molar-refractivity contribution in [2.24, 2.45) is 10.2 Å². The molecule has 1 fully saturated rings. The van der Waals surface area contributed by atoms with E-state index in [9.17, 15) is 4.79 Å². The Hall–Kier alpha value is -1.33. The van der Waals surface area contributed by atoms with E-state index in [0.717, 1.165) is 11.3 Å². The van der Waals surface area contributed by atoms with Gasteiger partial charge in [0.25, 0.3) is 0 Å². The standard InChI is InChI=1S/C12H12ClN3OS/c1-7(2)15-16-12-14-11(17)10(18-12)8-3-5-9(13)6-4-8/h3-6,10H,1-2H3,(H,14,16,17). The maximum Gasteiger partial charge on any atom is 0.244 e. The van der Waals surface area contributed by atoms with Gasteiger partial charge in [0, 0.05) is 10.7 Å². The molecule has 0 radical (unpaired) electrons. The van der Waals surface area contributed by atoms with E-state index >= 15 is 0 Å². The molecule has 1 amide bonds. The first kappa shape index (κ1) is 13.1. The highest BCUT2D eigenvalue weighted by Gasteiger charge is 2.31. The molecule has 0 bridgehead atoms. The Balaban J connectivity index is 2.17. The van der Waals surface area contributed by atoms with Crippen LogP contribution < -0.4 is 5.32 Å². The van der Waals surface area contributed by atoms with E-state index in [1.807, 2.05) is 26.0 Å². The van der Waals surface area contributed by atoms with Crippen molar-refractivity contribution in [3.05, 3.63) is 34.9 Å². The molecule has 2 rings (SSSR count). The van der Waals surface area contributed by atoms with E-state index < -0.39 is 0 Å². The summed E-state index contributed by atoms with van der Waals surface area (Å²) < 4.78 is 0. The van der Waals surface area contributed by atoms with Gasteiger partial charge in [-0.25, -0.2) is 0 Å². The van der Waals surface area contributed by atoms with E-state index in [0.29, 0.717) is 10.2 Å². The molecule has 1 aliphatic rings. The normalized spacial score (nSPS) is 20.9. The lowest BCUT2D eigenvalue weighted by atomic mass is 10.1. The molecule has 6 heteroatoms. The first-order valence-corrected chi connectivity index (χ1v) is 6.64. The van der Waals surface area contributed by atoms with Crippen LogP contribution in [0.3, 0.4) is 0 Å². The molecule has 0 saturated carbocycles. The first-order valence-electron chi connectivity index (χ1n) is 5.38. The van der Waals surface area contributed by atoms with E-state index in [4.69, 9.17) is 11.6 Å². The highest BCUT2D eigenvalue weighted by molar-refractivity contribution is 8.15. The molecule has 1 aromatic rings. The summed E-state index contributed by atoms with van der Waals surface area (Å²) in [6, 6.07) is 7.23. The lowest BCUT2D eigenvalue weighted by Crippen LogP contribution is -2.21. The van der Waals surface area contributed by atoms with Crippen molar-refractivity contribution < 1.29 is 4.79 Å². The van der Waals surface area contributed by atoms with Crippen molar-refractivity contribution in [1.29, 1.82) is 0 Å². The van der Waals surface area contributed by atoms with E-state index in [1.165, 1.54) is 11.8 Å². The number of thioether (sulfide) groups is 1. The first-order chi connectivity index (χ1) is 8.56. The molecule has 0 aliphatic carbocycles.